The van der Waals surface area contributed by atoms with Crippen molar-refractivity contribution in [2.45, 2.75) is 4.90 Å². The van der Waals surface area contributed by atoms with Crippen LogP contribution in [0.5, 0.6) is 17.2 Å². The Labute approximate surface area is 269 Å². The van der Waals surface area contributed by atoms with Crippen LogP contribution in [0.1, 0.15) is 10.4 Å². The van der Waals surface area contributed by atoms with Crippen LogP contribution in [0, 0.1) is 0 Å². The Morgan fingerprint density at radius 2 is 1.28 bits per heavy atom. The van der Waals surface area contributed by atoms with Gasteiger partial charge < -0.3 is 25.3 Å². The van der Waals surface area contributed by atoms with Gasteiger partial charge in [0.25, 0.3) is 16.0 Å². The van der Waals surface area contributed by atoms with Gasteiger partial charge >= 0.3 is 29.6 Å². The number of nitrogens with two attached hydrogens (primary N) is 1. The van der Waals surface area contributed by atoms with E-state index in [-0.39, 0.29) is 40.4 Å². The quantitative estimate of drug-likeness (QED) is 0.105. The Bertz CT molecular complexity index is 1760. The first-order chi connectivity index (χ1) is 20.1. The molecule has 0 unspecified atom stereocenters. The molecule has 0 spiro atoms. The van der Waals surface area contributed by atoms with Gasteiger partial charge in [-0.15, -0.1) is 10.2 Å². The number of hydrogen-bond donors (Lipinski definition) is 3. The number of ether oxygens (including phenoxy) is 3. The maximum Gasteiger partial charge on any atom is 1.00 e. The molecule has 0 atom stereocenters. The molecule has 13 nitrogen and oxygen atoms in total. The molecule has 4 rings (SSSR count). The number of carbonyl (C=O) groups excluding carboxylic acids is 1. The fourth-order valence-electron chi connectivity index (χ4n) is 3.61. The van der Waals surface area contributed by atoms with E-state index >= 15 is 0 Å². The molecule has 1 amide bonds. The summed E-state index contributed by atoms with van der Waals surface area (Å²) in [6.07, 6.45) is 0. The van der Waals surface area contributed by atoms with Crippen LogP contribution in [0.2, 0.25) is 0 Å². The number of nitrogens with one attached hydrogen (secondary N) is 1. The van der Waals surface area contributed by atoms with Gasteiger partial charge in [0.05, 0.1) is 43.3 Å². The number of benzene rings is 4. The summed E-state index contributed by atoms with van der Waals surface area (Å²) < 4.78 is 47.8. The number of methoxy groups -OCH3 is 3. The average Bonchev–Trinajstić information content (AvgIpc) is 2.99. The summed E-state index contributed by atoms with van der Waals surface area (Å²) in [6.45, 7) is 0. The van der Waals surface area contributed by atoms with Crippen molar-refractivity contribution < 1.29 is 61.5 Å². The van der Waals surface area contributed by atoms with Crippen LogP contribution in [0.4, 0.5) is 34.1 Å². The standard InChI is InChI=1S/C28H26N6O7S.Na/c1-39-25-14-20(32-31-19-8-11-21(12-9-19)42(36,37)38)10-13-22(25)33-34-24-16-26(40-2)23(15-27(24)41-3)30-28(35)17-4-6-18(29)7-5-17;/h4-16H,29H2,1-3H3,(H,30,35)(H,36,37,38);/q;+1. The molecule has 0 bridgehead atoms. The van der Waals surface area contributed by atoms with Gasteiger partial charge in [0.1, 0.15) is 28.6 Å². The van der Waals surface area contributed by atoms with E-state index in [0.717, 1.165) is 0 Å². The van der Waals surface area contributed by atoms with Crippen LogP contribution in [-0.4, -0.2) is 40.2 Å². The average molecular weight is 614 g/mol. The number of nitrogens with zero attached hydrogens (tertiary/aromatic N) is 4. The van der Waals surface area contributed by atoms with E-state index in [2.05, 4.69) is 25.8 Å². The molecule has 216 valence electrons. The van der Waals surface area contributed by atoms with Crippen molar-refractivity contribution in [3.05, 3.63) is 84.4 Å². The number of hydrogen-bond acceptors (Lipinski definition) is 11. The summed E-state index contributed by atoms with van der Waals surface area (Å²) in [7, 11) is 0.0877. The fraction of sp³-hybridized carbons (Fsp3) is 0.107. The van der Waals surface area contributed by atoms with Crippen molar-refractivity contribution in [3.63, 3.8) is 0 Å². The van der Waals surface area contributed by atoms with Crippen molar-refractivity contribution in [2.24, 2.45) is 20.5 Å². The summed E-state index contributed by atoms with van der Waals surface area (Å²) in [5, 5.41) is 19.6. The predicted octanol–water partition coefficient (Wildman–Crippen LogP) is 3.63. The normalized spacial score (nSPS) is 11.3. The van der Waals surface area contributed by atoms with Crippen LogP contribution in [-0.2, 0) is 10.1 Å². The third-order valence-corrected chi connectivity index (χ3v) is 6.63. The number of azo groups is 2. The third kappa shape index (κ3) is 8.59. The molecule has 0 aliphatic heterocycles. The monoisotopic (exact) mass is 613 g/mol. The number of anilines is 2. The Kier molecular flexibility index (Phi) is 11.3. The van der Waals surface area contributed by atoms with Crippen LogP contribution < -0.4 is 54.8 Å². The molecule has 0 saturated carbocycles. The molecule has 0 saturated heterocycles. The van der Waals surface area contributed by atoms with Gasteiger partial charge in [-0.05, 0) is 60.7 Å². The van der Waals surface area contributed by atoms with E-state index in [4.69, 9.17) is 24.5 Å². The van der Waals surface area contributed by atoms with Gasteiger partial charge in [-0.3, -0.25) is 9.35 Å². The summed E-state index contributed by atoms with van der Waals surface area (Å²) in [6, 6.07) is 19.7. The van der Waals surface area contributed by atoms with Gasteiger partial charge in [-0.1, -0.05) is 0 Å². The smallest absolute Gasteiger partial charge is 0.494 e. The molecular formula is C28H26N6NaO7S+. The molecule has 4 aromatic carbocycles. The van der Waals surface area contributed by atoms with E-state index in [9.17, 15) is 13.2 Å². The Hall–Kier alpha value is -4.34. The van der Waals surface area contributed by atoms with E-state index in [1.54, 1.807) is 54.6 Å². The molecule has 0 fully saturated rings. The summed E-state index contributed by atoms with van der Waals surface area (Å²) in [5.41, 5.74) is 8.56. The molecular weight excluding hydrogens is 587 g/mol. The first-order valence-corrected chi connectivity index (χ1v) is 13.6. The number of rotatable bonds is 10. The molecule has 4 N–H and O–H groups in total. The van der Waals surface area contributed by atoms with E-state index in [1.165, 1.54) is 45.6 Å². The second kappa shape index (κ2) is 14.7. The zero-order valence-electron chi connectivity index (χ0n) is 23.7. The van der Waals surface area contributed by atoms with Gasteiger partial charge in [0.15, 0.2) is 0 Å². The number of amides is 1. The molecule has 0 aliphatic carbocycles. The first kappa shape index (κ1) is 33.2. The van der Waals surface area contributed by atoms with Gasteiger partial charge in [0, 0.05) is 29.4 Å². The van der Waals surface area contributed by atoms with Crippen LogP contribution in [0.15, 0.2) is 104 Å². The largest absolute Gasteiger partial charge is 1.00 e. The minimum atomic E-state index is -4.30. The maximum atomic E-state index is 12.7. The molecule has 0 aliphatic rings. The SMILES string of the molecule is COc1cc(N=Nc2ccc(S(=O)(=O)O)cc2)ccc1N=Nc1cc(OC)c(NC(=O)c2ccc(N)cc2)cc1OC.[Na+]. The minimum absolute atomic E-state index is 0. The van der Waals surface area contributed by atoms with Crippen molar-refractivity contribution in [1.82, 2.24) is 0 Å². The molecule has 43 heavy (non-hydrogen) atoms. The van der Waals surface area contributed by atoms with E-state index < -0.39 is 10.1 Å². The Morgan fingerprint density at radius 1 is 0.721 bits per heavy atom. The van der Waals surface area contributed by atoms with Gasteiger partial charge in [0.2, 0.25) is 0 Å². The molecule has 0 heterocycles. The van der Waals surface area contributed by atoms with Gasteiger partial charge in [-0.2, -0.15) is 18.6 Å². The predicted molar refractivity (Wildman–Crippen MR) is 156 cm³/mol. The second-order valence-electron chi connectivity index (χ2n) is 8.53. The van der Waals surface area contributed by atoms with Gasteiger partial charge in [-0.25, -0.2) is 0 Å². The Morgan fingerprint density at radius 3 is 1.88 bits per heavy atom. The molecule has 0 aromatic heterocycles. The van der Waals surface area contributed by atoms with E-state index in [1.807, 2.05) is 0 Å². The molecule has 0 radical (unpaired) electrons. The second-order valence-corrected chi connectivity index (χ2v) is 9.95. The van der Waals surface area contributed by atoms with E-state index in [0.29, 0.717) is 56.9 Å². The number of carbonyl (C=O) groups is 1. The number of nitrogen functional groups attached to an aromatic ring is 1. The van der Waals surface area contributed by atoms with Crippen LogP contribution in [0.3, 0.4) is 0 Å². The third-order valence-electron chi connectivity index (χ3n) is 5.77. The van der Waals surface area contributed by atoms with Crippen molar-refractivity contribution in [1.29, 1.82) is 0 Å². The van der Waals surface area contributed by atoms with Crippen LogP contribution >= 0.6 is 0 Å². The summed E-state index contributed by atoms with van der Waals surface area (Å²) in [5.74, 6) is 0.662. The zero-order valence-corrected chi connectivity index (χ0v) is 26.5. The van der Waals surface area contributed by atoms with Crippen molar-refractivity contribution in [2.75, 3.05) is 32.4 Å². The minimum Gasteiger partial charge on any atom is -0.494 e. The topological polar surface area (TPSA) is 187 Å². The molecule has 4 aromatic rings. The van der Waals surface area contributed by atoms with Crippen molar-refractivity contribution >= 4 is 50.1 Å². The summed E-state index contributed by atoms with van der Waals surface area (Å²) >= 11 is 0. The fourth-order valence-corrected chi connectivity index (χ4v) is 4.09. The summed E-state index contributed by atoms with van der Waals surface area (Å²) in [4.78, 5) is 12.5. The maximum absolute atomic E-state index is 12.7. The first-order valence-electron chi connectivity index (χ1n) is 12.1. The molecule has 15 heteroatoms. The Balaban J connectivity index is 0.00000506. The zero-order chi connectivity index (χ0) is 30.3. The van der Waals surface area contributed by atoms with Crippen molar-refractivity contribution in [3.8, 4) is 17.2 Å². The van der Waals surface area contributed by atoms with Crippen LogP contribution in [0.25, 0.3) is 0 Å².